The summed E-state index contributed by atoms with van der Waals surface area (Å²) >= 11 is 0. The number of hydrogen-bond donors (Lipinski definition) is 2. The maximum Gasteiger partial charge on any atom is 0.275 e. The highest BCUT2D eigenvalue weighted by molar-refractivity contribution is 5.98. The SMILES string of the molecule is O=C(N/N=C\c1ccccc1OCc1ccc([N+](=O)[O-])cc1)c1cc([N+](=O)[O-])ccc1O. The number of nitrogens with zero attached hydrogens (tertiary/aromatic N) is 3. The number of carbonyl (C=O) groups excluding carboxylic acids is 1. The number of ether oxygens (including phenoxy) is 1. The molecule has 0 saturated heterocycles. The molecule has 162 valence electrons. The van der Waals surface area contributed by atoms with Gasteiger partial charge in [0.25, 0.3) is 17.3 Å². The highest BCUT2D eigenvalue weighted by Gasteiger charge is 2.16. The molecule has 32 heavy (non-hydrogen) atoms. The average Bonchev–Trinajstić information content (AvgIpc) is 2.78. The number of hydrogen-bond acceptors (Lipinski definition) is 8. The zero-order valence-electron chi connectivity index (χ0n) is 16.4. The number of phenols is 1. The Morgan fingerprint density at radius 3 is 2.34 bits per heavy atom. The van der Waals surface area contributed by atoms with E-state index in [0.29, 0.717) is 11.3 Å². The number of phenolic OH excluding ortho intramolecular Hbond substituents is 1. The van der Waals surface area contributed by atoms with Gasteiger partial charge in [-0.25, -0.2) is 5.43 Å². The van der Waals surface area contributed by atoms with Crippen LogP contribution in [0.1, 0.15) is 21.5 Å². The van der Waals surface area contributed by atoms with Crippen LogP contribution in [-0.4, -0.2) is 27.1 Å². The molecule has 0 aromatic heterocycles. The van der Waals surface area contributed by atoms with Gasteiger partial charge in [-0.3, -0.25) is 25.0 Å². The van der Waals surface area contributed by atoms with Crippen LogP contribution in [0.3, 0.4) is 0 Å². The summed E-state index contributed by atoms with van der Waals surface area (Å²) in [6.07, 6.45) is 1.32. The number of aromatic hydroxyl groups is 1. The predicted octanol–water partition coefficient (Wildman–Crippen LogP) is 3.55. The van der Waals surface area contributed by atoms with E-state index in [1.165, 1.54) is 18.3 Å². The van der Waals surface area contributed by atoms with Crippen molar-refractivity contribution in [3.05, 3.63) is 104 Å². The van der Waals surface area contributed by atoms with Crippen LogP contribution in [0.4, 0.5) is 11.4 Å². The zero-order chi connectivity index (χ0) is 23.1. The molecule has 0 atom stereocenters. The number of benzene rings is 3. The topological polar surface area (TPSA) is 157 Å². The van der Waals surface area contributed by atoms with E-state index >= 15 is 0 Å². The lowest BCUT2D eigenvalue weighted by Gasteiger charge is -2.09. The summed E-state index contributed by atoms with van der Waals surface area (Å²) in [5, 5.41) is 35.2. The second-order valence-corrected chi connectivity index (χ2v) is 6.41. The van der Waals surface area contributed by atoms with E-state index in [4.69, 9.17) is 4.74 Å². The smallest absolute Gasteiger partial charge is 0.275 e. The van der Waals surface area contributed by atoms with Crippen LogP contribution < -0.4 is 10.2 Å². The lowest BCUT2D eigenvalue weighted by molar-refractivity contribution is -0.385. The maximum absolute atomic E-state index is 12.2. The highest BCUT2D eigenvalue weighted by Crippen LogP contribution is 2.23. The van der Waals surface area contributed by atoms with Gasteiger partial charge in [0.15, 0.2) is 0 Å². The molecule has 0 spiro atoms. The normalized spacial score (nSPS) is 10.6. The lowest BCUT2D eigenvalue weighted by Crippen LogP contribution is -2.18. The number of amides is 1. The molecule has 2 N–H and O–H groups in total. The number of rotatable bonds is 8. The van der Waals surface area contributed by atoms with Crippen LogP contribution in [0.25, 0.3) is 0 Å². The molecular formula is C21H16N4O7. The molecule has 1 amide bonds. The van der Waals surface area contributed by atoms with Crippen molar-refractivity contribution < 1.29 is 24.5 Å². The molecule has 0 saturated carbocycles. The molecule has 0 heterocycles. The minimum Gasteiger partial charge on any atom is -0.507 e. The Balaban J connectivity index is 1.67. The maximum atomic E-state index is 12.2. The van der Waals surface area contributed by atoms with Gasteiger partial charge in [-0.1, -0.05) is 12.1 Å². The summed E-state index contributed by atoms with van der Waals surface area (Å²) in [4.78, 5) is 32.6. The Bertz CT molecular complexity index is 1190. The predicted molar refractivity (Wildman–Crippen MR) is 114 cm³/mol. The quantitative estimate of drug-likeness (QED) is 0.310. The number of carbonyl (C=O) groups is 1. The minimum absolute atomic E-state index is 0.0215. The van der Waals surface area contributed by atoms with Crippen LogP contribution in [0.15, 0.2) is 71.8 Å². The van der Waals surface area contributed by atoms with Crippen LogP contribution in [0.5, 0.6) is 11.5 Å². The zero-order valence-corrected chi connectivity index (χ0v) is 16.4. The first-order valence-corrected chi connectivity index (χ1v) is 9.11. The van der Waals surface area contributed by atoms with Crippen molar-refractivity contribution >= 4 is 23.5 Å². The second-order valence-electron chi connectivity index (χ2n) is 6.41. The second kappa shape index (κ2) is 9.80. The fourth-order valence-electron chi connectivity index (χ4n) is 2.63. The monoisotopic (exact) mass is 436 g/mol. The van der Waals surface area contributed by atoms with Crippen molar-refractivity contribution in [2.24, 2.45) is 5.10 Å². The molecule has 11 nitrogen and oxygen atoms in total. The van der Waals surface area contributed by atoms with E-state index in [1.807, 2.05) is 0 Å². The third kappa shape index (κ3) is 5.42. The van der Waals surface area contributed by atoms with Gasteiger partial charge in [-0.15, -0.1) is 0 Å². The minimum atomic E-state index is -0.827. The summed E-state index contributed by atoms with van der Waals surface area (Å²) < 4.78 is 5.74. The van der Waals surface area contributed by atoms with Gasteiger partial charge in [0.1, 0.15) is 18.1 Å². The standard InChI is InChI=1S/C21H16N4O7/c26-19-10-9-17(25(30)31)11-18(19)21(27)23-22-12-15-3-1-2-4-20(15)32-13-14-5-7-16(8-6-14)24(28)29/h1-12,26H,13H2,(H,23,27)/b22-12-. The fourth-order valence-corrected chi connectivity index (χ4v) is 2.63. The molecule has 3 aromatic rings. The molecule has 0 fully saturated rings. The van der Waals surface area contributed by atoms with Crippen molar-refractivity contribution in [2.75, 3.05) is 0 Å². The van der Waals surface area contributed by atoms with E-state index in [-0.39, 0.29) is 23.5 Å². The van der Waals surface area contributed by atoms with Crippen LogP contribution in [0.2, 0.25) is 0 Å². The van der Waals surface area contributed by atoms with Gasteiger partial charge in [0.05, 0.1) is 21.6 Å². The molecule has 3 rings (SSSR count). The molecule has 0 aliphatic heterocycles. The number of nitro groups is 2. The number of hydrazone groups is 1. The number of para-hydroxylation sites is 1. The molecule has 3 aromatic carbocycles. The van der Waals surface area contributed by atoms with Gasteiger partial charge < -0.3 is 9.84 Å². The van der Waals surface area contributed by atoms with E-state index < -0.39 is 21.5 Å². The van der Waals surface area contributed by atoms with Crippen LogP contribution in [-0.2, 0) is 6.61 Å². The molecule has 0 unspecified atom stereocenters. The fraction of sp³-hybridized carbons (Fsp3) is 0.0476. The highest BCUT2D eigenvalue weighted by atomic mass is 16.6. The van der Waals surface area contributed by atoms with Gasteiger partial charge in [-0.2, -0.15) is 5.10 Å². The van der Waals surface area contributed by atoms with Crippen molar-refractivity contribution in [2.45, 2.75) is 6.61 Å². The largest absolute Gasteiger partial charge is 0.507 e. The first-order valence-electron chi connectivity index (χ1n) is 9.11. The van der Waals surface area contributed by atoms with Crippen molar-refractivity contribution in [3.8, 4) is 11.5 Å². The Morgan fingerprint density at radius 1 is 1.00 bits per heavy atom. The first kappa shape index (κ1) is 21.9. The molecule has 0 aliphatic carbocycles. The van der Waals surface area contributed by atoms with E-state index in [0.717, 1.165) is 23.8 Å². The molecular weight excluding hydrogens is 420 g/mol. The molecule has 0 radical (unpaired) electrons. The van der Waals surface area contributed by atoms with E-state index in [2.05, 4.69) is 10.5 Å². The van der Waals surface area contributed by atoms with Gasteiger partial charge >= 0.3 is 0 Å². The third-order valence-electron chi connectivity index (χ3n) is 4.27. The lowest BCUT2D eigenvalue weighted by atomic mass is 10.1. The van der Waals surface area contributed by atoms with Crippen LogP contribution >= 0.6 is 0 Å². The molecule has 0 aliphatic rings. The van der Waals surface area contributed by atoms with E-state index in [1.54, 1.807) is 36.4 Å². The summed E-state index contributed by atoms with van der Waals surface area (Å²) in [5.41, 5.74) is 2.79. The number of nitrogens with one attached hydrogen (secondary N) is 1. The Morgan fingerprint density at radius 2 is 1.66 bits per heavy atom. The Kier molecular flexibility index (Phi) is 6.71. The molecule has 0 bridgehead atoms. The summed E-state index contributed by atoms with van der Waals surface area (Å²) in [6.45, 7) is 0.150. The third-order valence-corrected chi connectivity index (χ3v) is 4.27. The number of nitro benzene ring substituents is 2. The summed E-state index contributed by atoms with van der Waals surface area (Å²) in [5.74, 6) is -0.802. The Labute approximate surface area is 180 Å². The number of non-ortho nitro benzene ring substituents is 2. The summed E-state index contributed by atoms with van der Waals surface area (Å²) in [7, 11) is 0. The Hall–Kier alpha value is -4.80. The van der Waals surface area contributed by atoms with Crippen molar-refractivity contribution in [3.63, 3.8) is 0 Å². The van der Waals surface area contributed by atoms with Gasteiger partial charge in [-0.05, 0) is 35.9 Å². The van der Waals surface area contributed by atoms with Gasteiger partial charge in [0.2, 0.25) is 0 Å². The first-order chi connectivity index (χ1) is 15.3. The van der Waals surface area contributed by atoms with Crippen LogP contribution in [0, 0.1) is 20.2 Å². The van der Waals surface area contributed by atoms with Gasteiger partial charge in [0, 0.05) is 29.8 Å². The molecule has 11 heteroatoms. The van der Waals surface area contributed by atoms with Crippen molar-refractivity contribution in [1.29, 1.82) is 0 Å². The van der Waals surface area contributed by atoms with Crippen molar-refractivity contribution in [1.82, 2.24) is 5.43 Å². The summed E-state index contributed by atoms with van der Waals surface area (Å²) in [6, 6.07) is 15.8. The van der Waals surface area contributed by atoms with E-state index in [9.17, 15) is 30.1 Å². The average molecular weight is 436 g/mol.